The Hall–Kier alpha value is -2.41. The van der Waals surface area contributed by atoms with E-state index in [1.165, 1.54) is 41.0 Å². The first-order valence-electron chi connectivity index (χ1n) is 10.3. The van der Waals surface area contributed by atoms with Gasteiger partial charge in [0.15, 0.2) is 0 Å². The first-order valence-corrected chi connectivity index (χ1v) is 11.1. The van der Waals surface area contributed by atoms with Gasteiger partial charge >= 0.3 is 6.03 Å². The van der Waals surface area contributed by atoms with Crippen molar-refractivity contribution in [2.45, 2.75) is 32.2 Å². The van der Waals surface area contributed by atoms with E-state index in [2.05, 4.69) is 40.3 Å². The van der Waals surface area contributed by atoms with Gasteiger partial charge in [-0.3, -0.25) is 4.79 Å². The zero-order valence-corrected chi connectivity index (χ0v) is 18.5. The quantitative estimate of drug-likeness (QED) is 0.700. The van der Waals surface area contributed by atoms with Crippen molar-refractivity contribution >= 4 is 27.9 Å². The van der Waals surface area contributed by atoms with Gasteiger partial charge in [0.25, 0.3) is 5.91 Å². The second-order valence-corrected chi connectivity index (χ2v) is 8.89. The van der Waals surface area contributed by atoms with Crippen LogP contribution in [0.5, 0.6) is 0 Å². The van der Waals surface area contributed by atoms with Crippen LogP contribution >= 0.6 is 15.9 Å². The summed E-state index contributed by atoms with van der Waals surface area (Å²) in [5.74, 6) is -0.482. The molecule has 3 amide bonds. The Balaban J connectivity index is 1.38. The third kappa shape index (κ3) is 4.36. The minimum atomic E-state index is -0.360. The Labute approximate surface area is 184 Å². The highest BCUT2D eigenvalue weighted by atomic mass is 79.9. The number of carbonyl (C=O) groups excluding carboxylic acids is 2. The summed E-state index contributed by atoms with van der Waals surface area (Å²) >= 11 is 3.55. The first kappa shape index (κ1) is 20.8. The van der Waals surface area contributed by atoms with E-state index in [0.29, 0.717) is 38.2 Å². The average molecular weight is 474 g/mol. The number of fused-ring (bicyclic) bond motifs is 1. The van der Waals surface area contributed by atoms with E-state index in [1.807, 2.05) is 0 Å². The second-order valence-electron chi connectivity index (χ2n) is 7.98. The zero-order chi connectivity index (χ0) is 21.3. The number of carbonyl (C=O) groups is 2. The molecule has 158 valence electrons. The molecule has 0 radical (unpaired) electrons. The molecule has 1 N–H and O–H groups in total. The fourth-order valence-electron chi connectivity index (χ4n) is 4.46. The van der Waals surface area contributed by atoms with Crippen LogP contribution in [0.2, 0.25) is 0 Å². The van der Waals surface area contributed by atoms with Crippen molar-refractivity contribution in [2.75, 3.05) is 26.2 Å². The van der Waals surface area contributed by atoms with Crippen molar-refractivity contribution in [1.29, 1.82) is 0 Å². The molecule has 0 spiro atoms. The minimum absolute atomic E-state index is 0.0285. The number of urea groups is 1. The van der Waals surface area contributed by atoms with Crippen LogP contribution in [0.4, 0.5) is 9.18 Å². The van der Waals surface area contributed by atoms with Gasteiger partial charge in [-0.05, 0) is 79.3 Å². The van der Waals surface area contributed by atoms with Crippen molar-refractivity contribution in [3.63, 3.8) is 0 Å². The van der Waals surface area contributed by atoms with Crippen molar-refractivity contribution in [1.82, 2.24) is 15.1 Å². The number of nitrogens with one attached hydrogen (secondary N) is 1. The molecule has 1 aliphatic heterocycles. The largest absolute Gasteiger partial charge is 0.337 e. The van der Waals surface area contributed by atoms with Crippen molar-refractivity contribution < 1.29 is 14.0 Å². The van der Waals surface area contributed by atoms with Gasteiger partial charge in [-0.15, -0.1) is 0 Å². The van der Waals surface area contributed by atoms with Crippen LogP contribution < -0.4 is 5.32 Å². The van der Waals surface area contributed by atoms with Crippen molar-refractivity contribution in [3.8, 4) is 0 Å². The average Bonchev–Trinajstić information content (AvgIpc) is 2.95. The summed E-state index contributed by atoms with van der Waals surface area (Å²) in [6.07, 6.45) is 2.58. The van der Waals surface area contributed by atoms with Crippen LogP contribution in [0.25, 0.3) is 0 Å². The maximum absolute atomic E-state index is 13.1. The summed E-state index contributed by atoms with van der Waals surface area (Å²) in [4.78, 5) is 29.2. The van der Waals surface area contributed by atoms with Gasteiger partial charge < -0.3 is 15.1 Å². The van der Waals surface area contributed by atoms with Gasteiger partial charge in [0.1, 0.15) is 5.82 Å². The van der Waals surface area contributed by atoms with Gasteiger partial charge in [0.05, 0.1) is 6.04 Å². The number of aryl methyl sites for hydroxylation is 2. The second kappa shape index (κ2) is 8.76. The molecule has 4 rings (SSSR count). The predicted octanol–water partition coefficient (Wildman–Crippen LogP) is 4.44. The molecule has 2 aromatic carbocycles. The van der Waals surface area contributed by atoms with E-state index in [1.54, 1.807) is 9.80 Å². The molecule has 1 unspecified atom stereocenters. The van der Waals surface area contributed by atoms with Crippen LogP contribution in [-0.2, 0) is 6.42 Å². The first-order chi connectivity index (χ1) is 14.4. The Bertz CT molecular complexity index is 964. The van der Waals surface area contributed by atoms with Crippen LogP contribution in [-0.4, -0.2) is 47.9 Å². The molecule has 2 aromatic rings. The lowest BCUT2D eigenvalue weighted by molar-refractivity contribution is 0.0762. The highest BCUT2D eigenvalue weighted by Gasteiger charge is 2.29. The van der Waals surface area contributed by atoms with Crippen LogP contribution in [0, 0.1) is 12.7 Å². The van der Waals surface area contributed by atoms with Gasteiger partial charge in [0, 0.05) is 36.2 Å². The third-order valence-corrected chi connectivity index (χ3v) is 6.41. The summed E-state index contributed by atoms with van der Waals surface area (Å²) in [5, 5.41) is 3.20. The molecule has 0 bridgehead atoms. The molecule has 0 aromatic heterocycles. The summed E-state index contributed by atoms with van der Waals surface area (Å²) in [6, 6.07) is 9.78. The number of nitrogens with zero attached hydrogens (tertiary/aromatic N) is 2. The molecular formula is C23H25BrFN3O2. The van der Waals surface area contributed by atoms with Gasteiger partial charge in [-0.2, -0.15) is 0 Å². The smallest absolute Gasteiger partial charge is 0.317 e. The lowest BCUT2D eigenvalue weighted by Gasteiger charge is -2.25. The molecule has 1 heterocycles. The normalized spacial score (nSPS) is 18.7. The highest BCUT2D eigenvalue weighted by Crippen LogP contribution is 2.35. The van der Waals surface area contributed by atoms with Gasteiger partial charge in [-0.1, -0.05) is 15.9 Å². The molecule has 1 fully saturated rings. The van der Waals surface area contributed by atoms with Gasteiger partial charge in [0.2, 0.25) is 0 Å². The maximum Gasteiger partial charge on any atom is 0.317 e. The van der Waals surface area contributed by atoms with E-state index in [0.717, 1.165) is 17.3 Å². The van der Waals surface area contributed by atoms with Crippen molar-refractivity contribution in [2.24, 2.45) is 0 Å². The Kier molecular flexibility index (Phi) is 6.09. The molecule has 1 saturated heterocycles. The van der Waals surface area contributed by atoms with E-state index < -0.39 is 0 Å². The number of amides is 3. The SMILES string of the molecule is Cc1cc(Br)cc2c1C(NC(=O)N1CCCN(C(=O)c3ccc(F)cc3)CC1)CC2. The summed E-state index contributed by atoms with van der Waals surface area (Å²) in [6.45, 7) is 4.23. The minimum Gasteiger partial charge on any atom is -0.337 e. The molecule has 5 nitrogen and oxygen atoms in total. The molecule has 0 saturated carbocycles. The van der Waals surface area contributed by atoms with Gasteiger partial charge in [-0.25, -0.2) is 9.18 Å². The standard InChI is InChI=1S/C23H25BrFN3O2/c1-15-13-18(24)14-17-5-8-20(21(15)17)26-23(30)28-10-2-9-27(11-12-28)22(29)16-3-6-19(25)7-4-16/h3-4,6-7,13-14,20H,2,5,8-12H2,1H3,(H,26,30). The lowest BCUT2D eigenvalue weighted by atomic mass is 10.0. The summed E-state index contributed by atoms with van der Waals surface area (Å²) in [7, 11) is 0. The third-order valence-electron chi connectivity index (χ3n) is 5.95. The van der Waals surface area contributed by atoms with Crippen LogP contribution in [0.15, 0.2) is 40.9 Å². The van der Waals surface area contributed by atoms with Crippen LogP contribution in [0.1, 0.15) is 45.9 Å². The van der Waals surface area contributed by atoms with E-state index in [-0.39, 0.29) is 23.8 Å². The predicted molar refractivity (Wildman–Crippen MR) is 117 cm³/mol. The fraction of sp³-hybridized carbons (Fsp3) is 0.391. The van der Waals surface area contributed by atoms with E-state index in [9.17, 15) is 14.0 Å². The van der Waals surface area contributed by atoms with E-state index >= 15 is 0 Å². The maximum atomic E-state index is 13.1. The molecule has 1 aliphatic carbocycles. The topological polar surface area (TPSA) is 52.7 Å². The Morgan fingerprint density at radius 3 is 2.53 bits per heavy atom. The number of hydrogen-bond donors (Lipinski definition) is 1. The molecular weight excluding hydrogens is 449 g/mol. The van der Waals surface area contributed by atoms with E-state index in [4.69, 9.17) is 0 Å². The lowest BCUT2D eigenvalue weighted by Crippen LogP contribution is -2.43. The summed E-state index contributed by atoms with van der Waals surface area (Å²) in [5.41, 5.74) is 4.18. The molecule has 7 heteroatoms. The zero-order valence-electron chi connectivity index (χ0n) is 17.0. The monoisotopic (exact) mass is 473 g/mol. The molecule has 2 aliphatic rings. The number of hydrogen-bond acceptors (Lipinski definition) is 2. The molecule has 1 atom stereocenters. The number of rotatable bonds is 2. The Morgan fingerprint density at radius 2 is 1.77 bits per heavy atom. The van der Waals surface area contributed by atoms with Crippen molar-refractivity contribution in [3.05, 3.63) is 68.9 Å². The Morgan fingerprint density at radius 1 is 1.07 bits per heavy atom. The number of benzene rings is 2. The number of halogens is 2. The fourth-order valence-corrected chi connectivity index (χ4v) is 5.08. The molecule has 30 heavy (non-hydrogen) atoms. The van der Waals surface area contributed by atoms with Crippen LogP contribution in [0.3, 0.4) is 0 Å². The summed E-state index contributed by atoms with van der Waals surface area (Å²) < 4.78 is 14.2. The highest BCUT2D eigenvalue weighted by molar-refractivity contribution is 9.10.